The molecule has 0 saturated heterocycles. The summed E-state index contributed by atoms with van der Waals surface area (Å²) in [6.07, 6.45) is 8.91. The molecular formula is C34H38N2O7S2. The van der Waals surface area contributed by atoms with Gasteiger partial charge in [0, 0.05) is 33.0 Å². The van der Waals surface area contributed by atoms with Crippen LogP contribution in [0, 0.1) is 0 Å². The minimum Gasteiger partial charge on any atom is -0.508 e. The molecule has 4 aromatic rings. The zero-order valence-electron chi connectivity index (χ0n) is 25.5. The molecular weight excluding hydrogens is 613 g/mol. The average molecular weight is 651 g/mol. The first kappa shape index (κ1) is 32.8. The molecule has 2 fully saturated rings. The van der Waals surface area contributed by atoms with E-state index in [1.807, 2.05) is 44.2 Å². The van der Waals surface area contributed by atoms with Crippen LogP contribution < -0.4 is 4.74 Å². The molecule has 6 rings (SSSR count). The molecule has 2 saturated carbocycles. The largest absolute Gasteiger partial charge is 0.508 e. The number of hydrogen-bond acceptors (Lipinski definition) is 11. The van der Waals surface area contributed by atoms with E-state index in [0.717, 1.165) is 70.1 Å². The fraction of sp³-hybridized carbons (Fsp3) is 0.412. The molecule has 0 unspecified atom stereocenters. The van der Waals surface area contributed by atoms with Crippen molar-refractivity contribution >= 4 is 57.3 Å². The van der Waals surface area contributed by atoms with E-state index in [4.69, 9.17) is 19.3 Å². The summed E-state index contributed by atoms with van der Waals surface area (Å²) >= 11 is 3.11. The van der Waals surface area contributed by atoms with E-state index >= 15 is 0 Å². The van der Waals surface area contributed by atoms with Crippen LogP contribution >= 0.6 is 23.5 Å². The van der Waals surface area contributed by atoms with Crippen molar-refractivity contribution in [2.45, 2.75) is 71.7 Å². The molecule has 0 spiro atoms. The molecule has 2 aromatic carbocycles. The fourth-order valence-electron chi connectivity index (χ4n) is 5.28. The number of hydrogen-bond donors (Lipinski definition) is 2. The second-order valence-corrected chi connectivity index (χ2v) is 13.8. The molecule has 0 aliphatic heterocycles. The Kier molecular flexibility index (Phi) is 10.7. The Morgan fingerprint density at radius 1 is 0.778 bits per heavy atom. The number of phenols is 1. The van der Waals surface area contributed by atoms with Crippen molar-refractivity contribution in [1.82, 2.24) is 9.97 Å². The van der Waals surface area contributed by atoms with Crippen LogP contribution in [-0.2, 0) is 19.1 Å². The lowest BCUT2D eigenvalue weighted by Gasteiger charge is -2.38. The molecule has 2 heterocycles. The van der Waals surface area contributed by atoms with Crippen LogP contribution in [0.15, 0.2) is 70.7 Å². The monoisotopic (exact) mass is 650 g/mol. The van der Waals surface area contributed by atoms with Gasteiger partial charge in [0.15, 0.2) is 0 Å². The molecule has 0 amide bonds. The van der Waals surface area contributed by atoms with Crippen LogP contribution in [0.1, 0.15) is 52.4 Å². The van der Waals surface area contributed by atoms with Crippen LogP contribution in [0.5, 0.6) is 11.5 Å². The second kappa shape index (κ2) is 14.7. The minimum absolute atomic E-state index is 0.0291. The lowest BCUT2D eigenvalue weighted by atomic mass is 9.84. The molecule has 0 radical (unpaired) electrons. The number of aliphatic hydroxyl groups excluding tert-OH is 1. The highest BCUT2D eigenvalue weighted by molar-refractivity contribution is 8.02. The van der Waals surface area contributed by atoms with Crippen LogP contribution in [0.4, 0.5) is 0 Å². The molecule has 2 N–H and O–H groups in total. The van der Waals surface area contributed by atoms with Gasteiger partial charge in [0.2, 0.25) is 0 Å². The van der Waals surface area contributed by atoms with Gasteiger partial charge in [-0.15, -0.1) is 23.5 Å². The Bertz CT molecular complexity index is 1660. The zero-order chi connectivity index (χ0) is 31.9. The van der Waals surface area contributed by atoms with E-state index < -0.39 is 9.49 Å². The number of aliphatic hydroxyl groups is 1. The summed E-state index contributed by atoms with van der Waals surface area (Å²) in [6.45, 7) is 4.69. The summed E-state index contributed by atoms with van der Waals surface area (Å²) in [5.41, 5.74) is 1.67. The van der Waals surface area contributed by atoms with Crippen LogP contribution in [-0.4, -0.2) is 68.0 Å². The number of benzene rings is 2. The van der Waals surface area contributed by atoms with E-state index in [1.54, 1.807) is 42.4 Å². The highest BCUT2D eigenvalue weighted by Gasteiger charge is 2.47. The number of fused-ring (bicyclic) bond motifs is 2. The number of phenolic OH excluding ortho intramolecular Hbond substituents is 1. The highest BCUT2D eigenvalue weighted by atomic mass is 32.2. The lowest BCUT2D eigenvalue weighted by Crippen LogP contribution is -2.43. The Balaban J connectivity index is 0.000000179. The summed E-state index contributed by atoms with van der Waals surface area (Å²) in [4.78, 5) is 35.3. The fourth-order valence-corrected chi connectivity index (χ4v) is 8.19. The van der Waals surface area contributed by atoms with Crippen LogP contribution in [0.2, 0.25) is 0 Å². The van der Waals surface area contributed by atoms with E-state index in [2.05, 4.69) is 9.97 Å². The van der Waals surface area contributed by atoms with Crippen molar-refractivity contribution in [3.63, 3.8) is 0 Å². The van der Waals surface area contributed by atoms with Gasteiger partial charge in [0.1, 0.15) is 27.6 Å². The van der Waals surface area contributed by atoms with E-state index in [-0.39, 0.29) is 30.9 Å². The standard InChI is InChI=1S/C18H21NO4S.C16H17NO3S/c1-2-22-17(21)18(7-3-8-18)24-16-6-9-19-15-5-4-13(12-14(15)16)23-11-10-20;1-2-20-15(19)16(7-3-8-16)21-14-6-9-17-13-5-4-11(18)10-12(13)14/h4-6,9,12,20H,2-3,7-8,10-11H2,1H3;4-6,9-10,18H,2-3,7-8H2,1H3. The van der Waals surface area contributed by atoms with Gasteiger partial charge in [-0.05, 0) is 101 Å². The molecule has 0 bridgehead atoms. The molecule has 11 heteroatoms. The van der Waals surface area contributed by atoms with Crippen molar-refractivity contribution < 1.29 is 34.0 Å². The topological polar surface area (TPSA) is 128 Å². The molecule has 45 heavy (non-hydrogen) atoms. The summed E-state index contributed by atoms with van der Waals surface area (Å²) in [7, 11) is 0. The Morgan fingerprint density at radius 2 is 1.29 bits per heavy atom. The Labute approximate surface area is 271 Å². The van der Waals surface area contributed by atoms with Gasteiger partial charge in [-0.1, -0.05) is 0 Å². The van der Waals surface area contributed by atoms with Crippen molar-refractivity contribution in [2.75, 3.05) is 26.4 Å². The Hall–Kier alpha value is -3.54. The first-order valence-electron chi connectivity index (χ1n) is 15.3. The SMILES string of the molecule is CCOC(=O)C1(Sc2ccnc3ccc(O)cc23)CCC1.CCOC(=O)C1(Sc2ccnc3ccc(OCCO)cc23)CCC1. The predicted molar refractivity (Wildman–Crippen MR) is 176 cm³/mol. The second-order valence-electron chi connectivity index (χ2n) is 10.9. The zero-order valence-corrected chi connectivity index (χ0v) is 27.1. The number of nitrogens with zero attached hydrogens (tertiary/aromatic N) is 2. The number of carbonyl (C=O) groups is 2. The first-order chi connectivity index (χ1) is 21.8. The molecule has 2 aromatic heterocycles. The Morgan fingerprint density at radius 3 is 1.76 bits per heavy atom. The number of esters is 2. The summed E-state index contributed by atoms with van der Waals surface area (Å²) in [6, 6.07) is 14.6. The van der Waals surface area contributed by atoms with Gasteiger partial charge in [-0.3, -0.25) is 19.6 Å². The normalized spacial score (nSPS) is 16.1. The van der Waals surface area contributed by atoms with Crippen molar-refractivity contribution in [3.8, 4) is 11.5 Å². The number of aromatic hydroxyl groups is 1. The quantitative estimate of drug-likeness (QED) is 0.168. The van der Waals surface area contributed by atoms with E-state index in [9.17, 15) is 14.7 Å². The van der Waals surface area contributed by atoms with Crippen LogP contribution in [0.3, 0.4) is 0 Å². The number of rotatable bonds is 11. The number of thioether (sulfide) groups is 2. The maximum Gasteiger partial charge on any atom is 0.322 e. The third kappa shape index (κ3) is 7.31. The number of aromatic nitrogens is 2. The maximum absolute atomic E-state index is 12.4. The highest BCUT2D eigenvalue weighted by Crippen LogP contribution is 2.51. The number of carbonyl (C=O) groups excluding carboxylic acids is 2. The lowest BCUT2D eigenvalue weighted by molar-refractivity contribution is -0.149. The first-order valence-corrected chi connectivity index (χ1v) is 16.9. The van der Waals surface area contributed by atoms with Crippen molar-refractivity contribution in [3.05, 3.63) is 60.9 Å². The smallest absolute Gasteiger partial charge is 0.322 e. The summed E-state index contributed by atoms with van der Waals surface area (Å²) in [5, 5.41) is 20.4. The van der Waals surface area contributed by atoms with Crippen molar-refractivity contribution in [1.29, 1.82) is 0 Å². The van der Waals surface area contributed by atoms with Gasteiger partial charge in [-0.2, -0.15) is 0 Å². The summed E-state index contributed by atoms with van der Waals surface area (Å²) < 4.78 is 15.1. The molecule has 0 atom stereocenters. The van der Waals surface area contributed by atoms with E-state index in [1.165, 1.54) is 11.8 Å². The van der Waals surface area contributed by atoms with Crippen molar-refractivity contribution in [2.24, 2.45) is 0 Å². The third-order valence-corrected chi connectivity index (χ3v) is 11.0. The van der Waals surface area contributed by atoms with Crippen LogP contribution in [0.25, 0.3) is 21.8 Å². The number of ether oxygens (including phenoxy) is 3. The van der Waals surface area contributed by atoms with Gasteiger partial charge < -0.3 is 24.4 Å². The average Bonchev–Trinajstić information content (AvgIpc) is 3.00. The molecule has 2 aliphatic rings. The number of pyridine rings is 2. The van der Waals surface area contributed by atoms with Gasteiger partial charge in [0.25, 0.3) is 0 Å². The maximum atomic E-state index is 12.4. The summed E-state index contributed by atoms with van der Waals surface area (Å²) in [5.74, 6) is 0.631. The molecule has 238 valence electrons. The molecule has 9 nitrogen and oxygen atoms in total. The van der Waals surface area contributed by atoms with Gasteiger partial charge in [-0.25, -0.2) is 0 Å². The van der Waals surface area contributed by atoms with Gasteiger partial charge >= 0.3 is 11.9 Å². The predicted octanol–water partition coefficient (Wildman–Crippen LogP) is 6.70. The van der Waals surface area contributed by atoms with E-state index in [0.29, 0.717) is 19.0 Å². The minimum atomic E-state index is -0.480. The van der Waals surface area contributed by atoms with Gasteiger partial charge in [0.05, 0.1) is 30.9 Å². The molecule has 2 aliphatic carbocycles. The third-order valence-electron chi connectivity index (χ3n) is 7.95.